The van der Waals surface area contributed by atoms with Crippen LogP contribution < -0.4 is 4.90 Å². The van der Waals surface area contributed by atoms with E-state index in [2.05, 4.69) is 55.1 Å². The van der Waals surface area contributed by atoms with E-state index in [9.17, 15) is 0 Å². The van der Waals surface area contributed by atoms with Crippen LogP contribution in [0.15, 0.2) is 43.0 Å². The molecule has 2 saturated heterocycles. The van der Waals surface area contributed by atoms with Gasteiger partial charge in [-0.15, -0.1) is 0 Å². The molecule has 0 N–H and O–H groups in total. The molecule has 0 amide bonds. The Balaban J connectivity index is 1.23. The normalized spacial score (nSPS) is 23.0. The van der Waals surface area contributed by atoms with Gasteiger partial charge in [-0.1, -0.05) is 18.2 Å². The molecule has 0 aliphatic carbocycles. The van der Waals surface area contributed by atoms with E-state index in [4.69, 9.17) is 0 Å². The first kappa shape index (κ1) is 15.6. The predicted molar refractivity (Wildman–Crippen MR) is 95.1 cm³/mol. The van der Waals surface area contributed by atoms with E-state index in [1.807, 2.05) is 4.68 Å². The first-order chi connectivity index (χ1) is 11.9. The van der Waals surface area contributed by atoms with E-state index in [1.54, 1.807) is 12.7 Å². The maximum atomic E-state index is 4.18. The number of nitrogens with zero attached hydrogens (tertiary/aromatic N) is 6. The summed E-state index contributed by atoms with van der Waals surface area (Å²) in [4.78, 5) is 11.8. The molecule has 6 nitrogen and oxygen atoms in total. The largest absolute Gasteiger partial charge is 0.370 e. The van der Waals surface area contributed by atoms with Crippen LogP contribution >= 0.6 is 0 Å². The second-order valence-corrected chi connectivity index (χ2v) is 6.76. The van der Waals surface area contributed by atoms with E-state index in [0.717, 1.165) is 26.2 Å². The van der Waals surface area contributed by atoms with Gasteiger partial charge in [-0.2, -0.15) is 5.10 Å². The summed E-state index contributed by atoms with van der Waals surface area (Å²) in [7, 11) is 0. The zero-order valence-electron chi connectivity index (χ0n) is 14.2. The van der Waals surface area contributed by atoms with Crippen LogP contribution in [0.25, 0.3) is 0 Å². The topological polar surface area (TPSA) is 40.4 Å². The number of benzene rings is 1. The highest BCUT2D eigenvalue weighted by Gasteiger charge is 2.29. The van der Waals surface area contributed by atoms with Gasteiger partial charge in [0, 0.05) is 57.5 Å². The standard InChI is InChI=1S/C18H26N6/c1-2-4-17(5-3-1)23-7-6-18(14-23)22-11-8-21(9-12-22)10-13-24-16-19-15-20-24/h1-5,15-16,18H,6-14H2. The fraction of sp³-hybridized carbons (Fsp3) is 0.556. The molecule has 3 heterocycles. The van der Waals surface area contributed by atoms with Crippen molar-refractivity contribution in [1.82, 2.24) is 24.6 Å². The van der Waals surface area contributed by atoms with Gasteiger partial charge >= 0.3 is 0 Å². The van der Waals surface area contributed by atoms with Crippen molar-refractivity contribution in [3.05, 3.63) is 43.0 Å². The van der Waals surface area contributed by atoms with E-state index in [-0.39, 0.29) is 0 Å². The summed E-state index contributed by atoms with van der Waals surface area (Å²) >= 11 is 0. The third-order valence-electron chi connectivity index (χ3n) is 5.32. The summed E-state index contributed by atoms with van der Waals surface area (Å²) in [5, 5.41) is 4.18. The van der Waals surface area contributed by atoms with Crippen LogP contribution in [0.2, 0.25) is 0 Å². The predicted octanol–water partition coefficient (Wildman–Crippen LogP) is 1.17. The quantitative estimate of drug-likeness (QED) is 0.825. The van der Waals surface area contributed by atoms with E-state index < -0.39 is 0 Å². The third-order valence-corrected chi connectivity index (χ3v) is 5.32. The van der Waals surface area contributed by atoms with Crippen LogP contribution in [0, 0.1) is 0 Å². The van der Waals surface area contributed by atoms with Gasteiger partial charge in [-0.25, -0.2) is 4.98 Å². The molecule has 0 bridgehead atoms. The third kappa shape index (κ3) is 3.60. The highest BCUT2D eigenvalue weighted by atomic mass is 15.3. The minimum atomic E-state index is 0.711. The summed E-state index contributed by atoms with van der Waals surface area (Å²) in [6.07, 6.45) is 4.69. The van der Waals surface area contributed by atoms with Gasteiger partial charge in [0.05, 0.1) is 6.54 Å². The van der Waals surface area contributed by atoms with Crippen LogP contribution in [0.3, 0.4) is 0 Å². The zero-order chi connectivity index (χ0) is 16.2. The smallest absolute Gasteiger partial charge is 0.137 e. The molecule has 2 aromatic rings. The Morgan fingerprint density at radius 1 is 0.958 bits per heavy atom. The van der Waals surface area contributed by atoms with E-state index in [1.165, 1.54) is 38.3 Å². The molecule has 1 atom stereocenters. The van der Waals surface area contributed by atoms with Crippen molar-refractivity contribution < 1.29 is 0 Å². The van der Waals surface area contributed by atoms with E-state index >= 15 is 0 Å². The number of hydrogen-bond donors (Lipinski definition) is 0. The lowest BCUT2D eigenvalue weighted by Crippen LogP contribution is -2.51. The molecule has 128 valence electrons. The van der Waals surface area contributed by atoms with Crippen LogP contribution in [0.1, 0.15) is 6.42 Å². The first-order valence-corrected chi connectivity index (χ1v) is 8.97. The highest BCUT2D eigenvalue weighted by Crippen LogP contribution is 2.23. The fourth-order valence-corrected chi connectivity index (χ4v) is 3.86. The lowest BCUT2D eigenvalue weighted by Gasteiger charge is -2.38. The maximum Gasteiger partial charge on any atom is 0.137 e. The Bertz CT molecular complexity index is 606. The Morgan fingerprint density at radius 2 is 1.79 bits per heavy atom. The molecule has 2 fully saturated rings. The minimum absolute atomic E-state index is 0.711. The summed E-state index contributed by atoms with van der Waals surface area (Å²) in [5.74, 6) is 0. The molecule has 1 aromatic carbocycles. The summed E-state index contributed by atoms with van der Waals surface area (Å²) in [5.41, 5.74) is 1.37. The molecule has 6 heteroatoms. The molecular formula is C18H26N6. The van der Waals surface area contributed by atoms with Crippen LogP contribution in [-0.4, -0.2) is 76.4 Å². The lowest BCUT2D eigenvalue weighted by atomic mass is 10.2. The highest BCUT2D eigenvalue weighted by molar-refractivity contribution is 5.47. The van der Waals surface area contributed by atoms with Gasteiger partial charge in [0.1, 0.15) is 12.7 Å². The van der Waals surface area contributed by atoms with Gasteiger partial charge < -0.3 is 4.90 Å². The zero-order valence-corrected chi connectivity index (χ0v) is 14.2. The molecule has 1 aromatic heterocycles. The summed E-state index contributed by atoms with van der Waals surface area (Å²) in [6.45, 7) is 9.05. The second kappa shape index (κ2) is 7.32. The van der Waals surface area contributed by atoms with Crippen LogP contribution in [0.5, 0.6) is 0 Å². The minimum Gasteiger partial charge on any atom is -0.370 e. The molecule has 2 aliphatic heterocycles. The summed E-state index contributed by atoms with van der Waals surface area (Å²) in [6, 6.07) is 11.5. The van der Waals surface area contributed by atoms with Gasteiger partial charge in [0.25, 0.3) is 0 Å². The van der Waals surface area contributed by atoms with Crippen molar-refractivity contribution in [3.8, 4) is 0 Å². The molecule has 4 rings (SSSR count). The lowest BCUT2D eigenvalue weighted by molar-refractivity contribution is 0.1000. The van der Waals surface area contributed by atoms with Gasteiger partial charge in [0.15, 0.2) is 0 Å². The average Bonchev–Trinajstić information content (AvgIpc) is 3.33. The van der Waals surface area contributed by atoms with Gasteiger partial charge in [-0.05, 0) is 18.6 Å². The average molecular weight is 326 g/mol. The second-order valence-electron chi connectivity index (χ2n) is 6.76. The van der Waals surface area contributed by atoms with E-state index in [0.29, 0.717) is 6.04 Å². The molecule has 24 heavy (non-hydrogen) atoms. The summed E-state index contributed by atoms with van der Waals surface area (Å²) < 4.78 is 1.92. The number of rotatable bonds is 5. The fourth-order valence-electron chi connectivity index (χ4n) is 3.86. The molecule has 0 spiro atoms. The molecule has 1 unspecified atom stereocenters. The Hall–Kier alpha value is -1.92. The van der Waals surface area contributed by atoms with Crippen LogP contribution in [-0.2, 0) is 6.54 Å². The van der Waals surface area contributed by atoms with Crippen molar-refractivity contribution in [2.45, 2.75) is 19.0 Å². The number of anilines is 1. The SMILES string of the molecule is c1ccc(N2CCC(N3CCN(CCn4cncn4)CC3)C2)cc1. The van der Waals surface area contributed by atoms with Crippen molar-refractivity contribution in [3.63, 3.8) is 0 Å². The van der Waals surface area contributed by atoms with Gasteiger partial charge in [-0.3, -0.25) is 14.5 Å². The molecule has 0 radical (unpaired) electrons. The van der Waals surface area contributed by atoms with Crippen LogP contribution in [0.4, 0.5) is 5.69 Å². The number of aromatic nitrogens is 3. The number of para-hydroxylation sites is 1. The Morgan fingerprint density at radius 3 is 2.54 bits per heavy atom. The van der Waals surface area contributed by atoms with Crippen molar-refractivity contribution >= 4 is 5.69 Å². The van der Waals surface area contributed by atoms with Gasteiger partial charge in [0.2, 0.25) is 0 Å². The van der Waals surface area contributed by atoms with Crippen molar-refractivity contribution in [2.24, 2.45) is 0 Å². The van der Waals surface area contributed by atoms with Crippen molar-refractivity contribution in [2.75, 3.05) is 50.7 Å². The Labute approximate surface area is 143 Å². The molecular weight excluding hydrogens is 300 g/mol. The Kier molecular flexibility index (Phi) is 4.76. The monoisotopic (exact) mass is 326 g/mol. The number of piperazine rings is 1. The molecule has 0 saturated carbocycles. The number of hydrogen-bond acceptors (Lipinski definition) is 5. The first-order valence-electron chi connectivity index (χ1n) is 8.97. The molecule has 2 aliphatic rings. The maximum absolute atomic E-state index is 4.18. The van der Waals surface area contributed by atoms with Crippen molar-refractivity contribution in [1.29, 1.82) is 0 Å².